The van der Waals surface area contributed by atoms with E-state index in [1.165, 1.54) is 12.1 Å². The Morgan fingerprint density at radius 1 is 1.47 bits per heavy atom. The number of hydrogen-bond acceptors (Lipinski definition) is 1. The van der Waals surface area contributed by atoms with Crippen molar-refractivity contribution < 1.29 is 9.18 Å². The van der Waals surface area contributed by atoms with Crippen LogP contribution in [-0.2, 0) is 11.2 Å². The third-order valence-corrected chi connectivity index (χ3v) is 3.15. The van der Waals surface area contributed by atoms with Crippen LogP contribution >= 0.6 is 0 Å². The van der Waals surface area contributed by atoms with E-state index >= 15 is 0 Å². The number of aromatic amines is 1. The lowest BCUT2D eigenvalue weighted by Gasteiger charge is -2.07. The number of halogens is 1. The normalized spacial score (nSPS) is 12.9. The molecule has 0 bridgehead atoms. The molecule has 2 nitrogen and oxygen atoms in total. The van der Waals surface area contributed by atoms with Crippen molar-refractivity contribution in [3.05, 3.63) is 35.8 Å². The van der Waals surface area contributed by atoms with Crippen molar-refractivity contribution >= 4 is 16.7 Å². The van der Waals surface area contributed by atoms with E-state index in [2.05, 4.69) is 4.98 Å². The fourth-order valence-electron chi connectivity index (χ4n) is 2.11. The number of nitrogens with one attached hydrogen (secondary N) is 1. The van der Waals surface area contributed by atoms with Crippen molar-refractivity contribution in [1.29, 1.82) is 0 Å². The van der Waals surface area contributed by atoms with Gasteiger partial charge in [-0.15, -0.1) is 0 Å². The Labute approximate surface area is 99.8 Å². The van der Waals surface area contributed by atoms with E-state index in [0.717, 1.165) is 16.5 Å². The molecule has 0 aliphatic rings. The van der Waals surface area contributed by atoms with E-state index < -0.39 is 0 Å². The molecule has 0 fully saturated rings. The van der Waals surface area contributed by atoms with Gasteiger partial charge in [-0.05, 0) is 30.2 Å². The zero-order valence-corrected chi connectivity index (χ0v) is 10.1. The minimum absolute atomic E-state index is 0.0118. The molecular weight excluding hydrogens is 217 g/mol. The summed E-state index contributed by atoms with van der Waals surface area (Å²) in [6, 6.07) is 4.67. The fourth-order valence-corrected chi connectivity index (χ4v) is 2.11. The predicted octanol–water partition coefficient (Wildman–Crippen LogP) is 3.46. The molecule has 0 amide bonds. The van der Waals surface area contributed by atoms with Crippen molar-refractivity contribution in [3.8, 4) is 0 Å². The van der Waals surface area contributed by atoms with Crippen molar-refractivity contribution in [1.82, 2.24) is 4.98 Å². The Kier molecular flexibility index (Phi) is 3.27. The molecule has 0 radical (unpaired) electrons. The minimum Gasteiger partial charge on any atom is -0.361 e. The third kappa shape index (κ3) is 2.38. The molecule has 2 rings (SSSR count). The van der Waals surface area contributed by atoms with Crippen LogP contribution < -0.4 is 0 Å². The predicted molar refractivity (Wildman–Crippen MR) is 66.4 cm³/mol. The van der Waals surface area contributed by atoms with Gasteiger partial charge in [0.15, 0.2) is 0 Å². The molecule has 1 unspecified atom stereocenters. The second-order valence-electron chi connectivity index (χ2n) is 4.43. The number of benzene rings is 1. The highest BCUT2D eigenvalue weighted by Crippen LogP contribution is 2.22. The summed E-state index contributed by atoms with van der Waals surface area (Å²) >= 11 is 0. The first kappa shape index (κ1) is 11.8. The molecule has 1 heterocycles. The van der Waals surface area contributed by atoms with Gasteiger partial charge in [0.2, 0.25) is 0 Å². The maximum absolute atomic E-state index is 13.2. The Bertz CT molecular complexity index is 544. The standard InChI is InChI=1S/C14H16FNO/c1-3-14(17)9(2)6-10-8-16-13-5-4-11(15)7-12(10)13/h4-5,7-9,16H,3,6H2,1-2H3. The van der Waals surface area contributed by atoms with Gasteiger partial charge >= 0.3 is 0 Å². The van der Waals surface area contributed by atoms with E-state index in [4.69, 9.17) is 0 Å². The molecule has 1 N–H and O–H groups in total. The molecule has 1 atom stereocenters. The van der Waals surface area contributed by atoms with E-state index in [0.29, 0.717) is 12.8 Å². The topological polar surface area (TPSA) is 32.9 Å². The number of fused-ring (bicyclic) bond motifs is 1. The fraction of sp³-hybridized carbons (Fsp3) is 0.357. The van der Waals surface area contributed by atoms with Crippen molar-refractivity contribution in [3.63, 3.8) is 0 Å². The van der Waals surface area contributed by atoms with Crippen LogP contribution in [0, 0.1) is 11.7 Å². The van der Waals surface area contributed by atoms with Crippen molar-refractivity contribution in [2.45, 2.75) is 26.7 Å². The number of ketones is 1. The molecule has 2 aromatic rings. The van der Waals surface area contributed by atoms with Crippen LogP contribution in [0.4, 0.5) is 4.39 Å². The second kappa shape index (κ2) is 4.70. The molecule has 1 aromatic carbocycles. The van der Waals surface area contributed by atoms with E-state index in [1.54, 1.807) is 6.07 Å². The van der Waals surface area contributed by atoms with E-state index in [-0.39, 0.29) is 17.5 Å². The first-order valence-electron chi connectivity index (χ1n) is 5.90. The number of Topliss-reactive ketones (excluding diaryl/α,β-unsaturated/α-hetero) is 1. The van der Waals surface area contributed by atoms with Crippen LogP contribution in [0.25, 0.3) is 10.9 Å². The van der Waals surface area contributed by atoms with Gasteiger partial charge in [0, 0.05) is 29.4 Å². The summed E-state index contributed by atoms with van der Waals surface area (Å²) in [6.45, 7) is 3.79. The SMILES string of the molecule is CCC(=O)C(C)Cc1c[nH]c2ccc(F)cc12. The van der Waals surface area contributed by atoms with Gasteiger partial charge in [-0.3, -0.25) is 4.79 Å². The highest BCUT2D eigenvalue weighted by Gasteiger charge is 2.14. The Hall–Kier alpha value is -1.64. The van der Waals surface area contributed by atoms with Crippen molar-refractivity contribution in [2.75, 3.05) is 0 Å². The van der Waals surface area contributed by atoms with E-state index in [1.807, 2.05) is 20.0 Å². The first-order chi connectivity index (χ1) is 8.11. The summed E-state index contributed by atoms with van der Waals surface area (Å²) in [4.78, 5) is 14.7. The zero-order chi connectivity index (χ0) is 12.4. The largest absolute Gasteiger partial charge is 0.361 e. The molecule has 3 heteroatoms. The van der Waals surface area contributed by atoms with Gasteiger partial charge in [-0.1, -0.05) is 13.8 Å². The van der Waals surface area contributed by atoms with Crippen LogP contribution in [0.5, 0.6) is 0 Å². The maximum Gasteiger partial charge on any atom is 0.135 e. The average Bonchev–Trinajstić information content (AvgIpc) is 2.71. The Balaban J connectivity index is 2.30. The summed E-state index contributed by atoms with van der Waals surface area (Å²) in [5.41, 5.74) is 1.92. The summed E-state index contributed by atoms with van der Waals surface area (Å²) in [5, 5.41) is 0.876. The molecule has 17 heavy (non-hydrogen) atoms. The first-order valence-corrected chi connectivity index (χ1v) is 5.90. The number of rotatable bonds is 4. The monoisotopic (exact) mass is 233 g/mol. The molecule has 0 saturated heterocycles. The summed E-state index contributed by atoms with van der Waals surface area (Å²) < 4.78 is 13.2. The highest BCUT2D eigenvalue weighted by molar-refractivity contribution is 5.85. The second-order valence-corrected chi connectivity index (χ2v) is 4.43. The molecular formula is C14H16FNO. The minimum atomic E-state index is -0.243. The molecule has 0 aliphatic heterocycles. The lowest BCUT2D eigenvalue weighted by atomic mass is 9.95. The smallest absolute Gasteiger partial charge is 0.135 e. The van der Waals surface area contributed by atoms with Crippen LogP contribution in [0.1, 0.15) is 25.8 Å². The zero-order valence-electron chi connectivity index (χ0n) is 10.1. The molecule has 1 aromatic heterocycles. The number of H-pyrrole nitrogens is 1. The quantitative estimate of drug-likeness (QED) is 0.861. The van der Waals surface area contributed by atoms with Crippen LogP contribution in [0.15, 0.2) is 24.4 Å². The van der Waals surface area contributed by atoms with Crippen LogP contribution in [0.2, 0.25) is 0 Å². The average molecular weight is 233 g/mol. The molecule has 0 aliphatic carbocycles. The Morgan fingerprint density at radius 3 is 2.94 bits per heavy atom. The van der Waals surface area contributed by atoms with Crippen molar-refractivity contribution in [2.24, 2.45) is 5.92 Å². The lowest BCUT2D eigenvalue weighted by molar-refractivity contribution is -0.122. The van der Waals surface area contributed by atoms with Gasteiger partial charge in [-0.25, -0.2) is 4.39 Å². The maximum atomic E-state index is 13.2. The lowest BCUT2D eigenvalue weighted by Crippen LogP contribution is -2.11. The van der Waals surface area contributed by atoms with Gasteiger partial charge in [0.05, 0.1) is 0 Å². The van der Waals surface area contributed by atoms with Crippen LogP contribution in [-0.4, -0.2) is 10.8 Å². The third-order valence-electron chi connectivity index (χ3n) is 3.15. The molecule has 0 saturated carbocycles. The summed E-state index contributed by atoms with van der Waals surface area (Å²) in [5.74, 6) is -0.00848. The number of aromatic nitrogens is 1. The van der Waals surface area contributed by atoms with E-state index in [9.17, 15) is 9.18 Å². The summed E-state index contributed by atoms with van der Waals surface area (Å²) in [6.07, 6.45) is 3.08. The van der Waals surface area contributed by atoms with Crippen LogP contribution in [0.3, 0.4) is 0 Å². The van der Waals surface area contributed by atoms with Gasteiger partial charge in [0.25, 0.3) is 0 Å². The molecule has 90 valence electrons. The summed E-state index contributed by atoms with van der Waals surface area (Å²) in [7, 11) is 0. The van der Waals surface area contributed by atoms with Gasteiger partial charge < -0.3 is 4.98 Å². The number of carbonyl (C=O) groups excluding carboxylic acids is 1. The van der Waals surface area contributed by atoms with Gasteiger partial charge in [-0.2, -0.15) is 0 Å². The number of hydrogen-bond donors (Lipinski definition) is 1. The molecule has 0 spiro atoms. The number of carbonyl (C=O) groups is 1. The highest BCUT2D eigenvalue weighted by atomic mass is 19.1. The van der Waals surface area contributed by atoms with Gasteiger partial charge in [0.1, 0.15) is 11.6 Å². The Morgan fingerprint density at radius 2 is 2.24 bits per heavy atom.